The molecule has 0 unspecified atom stereocenters. The highest BCUT2D eigenvalue weighted by molar-refractivity contribution is 6.30. The van der Waals surface area contributed by atoms with E-state index in [4.69, 9.17) is 16.9 Å². The Bertz CT molecular complexity index is 694. The molecular weight excluding hydrogens is 286 g/mol. The van der Waals surface area contributed by atoms with E-state index in [0.29, 0.717) is 10.7 Å². The molecule has 0 aliphatic carbocycles. The first-order chi connectivity index (χ1) is 10.1. The van der Waals surface area contributed by atoms with E-state index in [-0.39, 0.29) is 18.9 Å². The highest BCUT2D eigenvalue weighted by Gasteiger charge is 2.17. The number of aryl methyl sites for hydroxylation is 1. The van der Waals surface area contributed by atoms with E-state index in [1.54, 1.807) is 30.6 Å². The molecule has 0 bridgehead atoms. The zero-order valence-electron chi connectivity index (χ0n) is 11.6. The number of rotatable bonds is 4. The standard InChI is InChI=1S/C16H14ClN3O/c1-12-5-7-19-11-15(12)20(8-6-18)16(21)10-13-3-2-4-14(17)9-13/h2-5,7,9,11H,8,10H2,1H3. The van der Waals surface area contributed by atoms with Gasteiger partial charge in [-0.2, -0.15) is 5.26 Å². The van der Waals surface area contributed by atoms with Crippen LogP contribution in [0.1, 0.15) is 11.1 Å². The van der Waals surface area contributed by atoms with Gasteiger partial charge >= 0.3 is 0 Å². The van der Waals surface area contributed by atoms with Crippen LogP contribution in [0.25, 0.3) is 0 Å². The predicted octanol–water partition coefficient (Wildman–Crippen LogP) is 3.14. The summed E-state index contributed by atoms with van der Waals surface area (Å²) in [6.45, 7) is 1.87. The van der Waals surface area contributed by atoms with Crippen LogP contribution in [0.2, 0.25) is 5.02 Å². The van der Waals surface area contributed by atoms with Crippen molar-refractivity contribution in [3.63, 3.8) is 0 Å². The number of pyridine rings is 1. The molecule has 21 heavy (non-hydrogen) atoms. The summed E-state index contributed by atoms with van der Waals surface area (Å²) in [6, 6.07) is 11.0. The van der Waals surface area contributed by atoms with Crippen molar-refractivity contribution in [3.05, 3.63) is 58.9 Å². The van der Waals surface area contributed by atoms with Crippen LogP contribution in [0.3, 0.4) is 0 Å². The normalized spacial score (nSPS) is 9.95. The van der Waals surface area contributed by atoms with Gasteiger partial charge in [-0.3, -0.25) is 14.7 Å². The number of benzene rings is 1. The summed E-state index contributed by atoms with van der Waals surface area (Å²) in [5, 5.41) is 9.55. The molecule has 106 valence electrons. The van der Waals surface area contributed by atoms with Crippen LogP contribution in [0.4, 0.5) is 5.69 Å². The van der Waals surface area contributed by atoms with Crippen molar-refractivity contribution in [1.82, 2.24) is 4.98 Å². The lowest BCUT2D eigenvalue weighted by atomic mass is 10.1. The highest BCUT2D eigenvalue weighted by Crippen LogP contribution is 2.19. The lowest BCUT2D eigenvalue weighted by molar-refractivity contribution is -0.117. The molecule has 0 N–H and O–H groups in total. The largest absolute Gasteiger partial charge is 0.296 e. The number of anilines is 1. The fraction of sp³-hybridized carbons (Fsp3) is 0.188. The minimum Gasteiger partial charge on any atom is -0.296 e. The maximum Gasteiger partial charge on any atom is 0.232 e. The molecule has 1 aromatic carbocycles. The molecule has 1 heterocycles. The fourth-order valence-electron chi connectivity index (χ4n) is 2.03. The van der Waals surface area contributed by atoms with Gasteiger partial charge in [0.15, 0.2) is 0 Å². The third-order valence-corrected chi connectivity index (χ3v) is 3.31. The van der Waals surface area contributed by atoms with Crippen molar-refractivity contribution in [1.29, 1.82) is 5.26 Å². The number of hydrogen-bond donors (Lipinski definition) is 0. The number of aromatic nitrogens is 1. The van der Waals surface area contributed by atoms with E-state index >= 15 is 0 Å². The third kappa shape index (κ3) is 3.80. The number of halogens is 1. The summed E-state index contributed by atoms with van der Waals surface area (Å²) in [4.78, 5) is 17.9. The van der Waals surface area contributed by atoms with Gasteiger partial charge < -0.3 is 0 Å². The average molecular weight is 300 g/mol. The zero-order valence-corrected chi connectivity index (χ0v) is 12.3. The van der Waals surface area contributed by atoms with Gasteiger partial charge in [0.1, 0.15) is 6.54 Å². The van der Waals surface area contributed by atoms with Gasteiger partial charge in [0, 0.05) is 11.2 Å². The van der Waals surface area contributed by atoms with E-state index in [1.165, 1.54) is 4.90 Å². The maximum absolute atomic E-state index is 12.5. The van der Waals surface area contributed by atoms with E-state index in [9.17, 15) is 4.79 Å². The summed E-state index contributed by atoms with van der Waals surface area (Å²) in [5.74, 6) is -0.157. The van der Waals surface area contributed by atoms with Crippen molar-refractivity contribution < 1.29 is 4.79 Å². The lowest BCUT2D eigenvalue weighted by Crippen LogP contribution is -2.33. The number of carbonyl (C=O) groups is 1. The molecule has 0 aliphatic rings. The van der Waals surface area contributed by atoms with Gasteiger partial charge in [0.05, 0.1) is 24.4 Å². The molecule has 0 saturated carbocycles. The zero-order chi connectivity index (χ0) is 15.2. The van der Waals surface area contributed by atoms with Crippen molar-refractivity contribution in [2.45, 2.75) is 13.3 Å². The minimum atomic E-state index is -0.157. The molecule has 1 amide bonds. The number of nitriles is 1. The van der Waals surface area contributed by atoms with Gasteiger partial charge in [0.25, 0.3) is 0 Å². The van der Waals surface area contributed by atoms with Crippen LogP contribution in [-0.4, -0.2) is 17.4 Å². The molecule has 0 fully saturated rings. The molecule has 0 spiro atoms. The number of nitrogens with zero attached hydrogens (tertiary/aromatic N) is 3. The Labute approximate surface area is 128 Å². The predicted molar refractivity (Wildman–Crippen MR) is 82.1 cm³/mol. The average Bonchev–Trinajstić information content (AvgIpc) is 2.45. The second-order valence-corrected chi connectivity index (χ2v) is 5.04. The Morgan fingerprint density at radius 1 is 1.43 bits per heavy atom. The summed E-state index contributed by atoms with van der Waals surface area (Å²) in [6.07, 6.45) is 3.45. The van der Waals surface area contributed by atoms with Crippen molar-refractivity contribution in [2.24, 2.45) is 0 Å². The number of carbonyl (C=O) groups excluding carboxylic acids is 1. The van der Waals surface area contributed by atoms with Gasteiger partial charge in [0.2, 0.25) is 5.91 Å². The summed E-state index contributed by atoms with van der Waals surface area (Å²) in [7, 11) is 0. The van der Waals surface area contributed by atoms with Crippen molar-refractivity contribution in [2.75, 3.05) is 11.4 Å². The second kappa shape index (κ2) is 6.87. The van der Waals surface area contributed by atoms with Gasteiger partial charge in [-0.1, -0.05) is 23.7 Å². The van der Waals surface area contributed by atoms with E-state index in [1.807, 2.05) is 25.1 Å². The second-order valence-electron chi connectivity index (χ2n) is 4.61. The van der Waals surface area contributed by atoms with E-state index < -0.39 is 0 Å². The van der Waals surface area contributed by atoms with Gasteiger partial charge in [-0.15, -0.1) is 0 Å². The minimum absolute atomic E-state index is 0.00800. The SMILES string of the molecule is Cc1ccncc1N(CC#N)C(=O)Cc1cccc(Cl)c1. The molecule has 1 aromatic heterocycles. The van der Waals surface area contributed by atoms with Crippen molar-refractivity contribution in [3.8, 4) is 6.07 Å². The molecule has 2 aromatic rings. The molecule has 0 aliphatic heterocycles. The van der Waals surface area contributed by atoms with Crippen LogP contribution in [0, 0.1) is 18.3 Å². The van der Waals surface area contributed by atoms with Crippen molar-refractivity contribution >= 4 is 23.2 Å². The molecule has 2 rings (SSSR count). The van der Waals surface area contributed by atoms with Gasteiger partial charge in [-0.25, -0.2) is 0 Å². The number of hydrogen-bond acceptors (Lipinski definition) is 3. The van der Waals surface area contributed by atoms with Gasteiger partial charge in [-0.05, 0) is 36.2 Å². The first-order valence-electron chi connectivity index (χ1n) is 6.44. The molecule has 0 atom stereocenters. The fourth-order valence-corrected chi connectivity index (χ4v) is 2.25. The molecule has 0 radical (unpaired) electrons. The van der Waals surface area contributed by atoms with E-state index in [0.717, 1.165) is 11.1 Å². The Morgan fingerprint density at radius 2 is 2.24 bits per heavy atom. The maximum atomic E-state index is 12.5. The Hall–Kier alpha value is -2.38. The summed E-state index contributed by atoms with van der Waals surface area (Å²) >= 11 is 5.92. The van der Waals surface area contributed by atoms with Crippen LogP contribution in [-0.2, 0) is 11.2 Å². The monoisotopic (exact) mass is 299 g/mol. The van der Waals surface area contributed by atoms with Crippen LogP contribution in [0.5, 0.6) is 0 Å². The Kier molecular flexibility index (Phi) is 4.91. The molecule has 4 nitrogen and oxygen atoms in total. The Balaban J connectivity index is 2.25. The van der Waals surface area contributed by atoms with Crippen LogP contribution >= 0.6 is 11.6 Å². The first kappa shape index (κ1) is 15.0. The summed E-state index contributed by atoms with van der Waals surface area (Å²) < 4.78 is 0. The Morgan fingerprint density at radius 3 is 2.90 bits per heavy atom. The topological polar surface area (TPSA) is 57.0 Å². The summed E-state index contributed by atoms with van der Waals surface area (Å²) in [5.41, 5.74) is 2.38. The molecular formula is C16H14ClN3O. The third-order valence-electron chi connectivity index (χ3n) is 3.08. The lowest BCUT2D eigenvalue weighted by Gasteiger charge is -2.21. The van der Waals surface area contributed by atoms with Crippen LogP contribution < -0.4 is 4.90 Å². The first-order valence-corrected chi connectivity index (χ1v) is 6.82. The van der Waals surface area contributed by atoms with Crippen LogP contribution in [0.15, 0.2) is 42.7 Å². The number of amides is 1. The molecule has 0 saturated heterocycles. The smallest absolute Gasteiger partial charge is 0.232 e. The van der Waals surface area contributed by atoms with E-state index in [2.05, 4.69) is 4.98 Å². The highest BCUT2D eigenvalue weighted by atomic mass is 35.5. The molecule has 5 heteroatoms. The quantitative estimate of drug-likeness (QED) is 0.815.